The maximum Gasteiger partial charge on any atom is 0.317 e. The first-order valence-electron chi connectivity index (χ1n) is 9.52. The lowest BCUT2D eigenvalue weighted by Crippen LogP contribution is -2.57. The number of nitrogens with one attached hydrogen (secondary N) is 2. The molecule has 0 aliphatic heterocycles. The van der Waals surface area contributed by atoms with Gasteiger partial charge in [-0.25, -0.2) is 4.79 Å². The number of hydrogen-bond acceptors (Lipinski definition) is 4. The molecule has 2 rings (SSSR count). The predicted molar refractivity (Wildman–Crippen MR) is 104 cm³/mol. The quantitative estimate of drug-likeness (QED) is 0.522. The summed E-state index contributed by atoms with van der Waals surface area (Å²) in [5.74, 6) is -0.830. The number of likely N-dealkylation sites (N-methyl/N-ethyl adjacent to an activating group) is 1. The highest BCUT2D eigenvalue weighted by Crippen LogP contribution is 2.25. The molecule has 1 unspecified atom stereocenters. The molecule has 0 aromatic heterocycles. The highest BCUT2D eigenvalue weighted by atomic mass is 16.4. The van der Waals surface area contributed by atoms with Crippen LogP contribution < -0.4 is 10.6 Å². The van der Waals surface area contributed by atoms with Gasteiger partial charge in [-0.15, -0.1) is 0 Å². The first-order valence-corrected chi connectivity index (χ1v) is 9.52. The monoisotopic (exact) mass is 377 g/mol. The van der Waals surface area contributed by atoms with Gasteiger partial charge in [-0.3, -0.25) is 9.69 Å². The largest absolute Gasteiger partial charge is 0.480 e. The van der Waals surface area contributed by atoms with Crippen molar-refractivity contribution in [3.63, 3.8) is 0 Å². The molecule has 27 heavy (non-hydrogen) atoms. The van der Waals surface area contributed by atoms with Crippen LogP contribution in [0.15, 0.2) is 18.2 Å². The predicted octanol–water partition coefficient (Wildman–Crippen LogP) is 1.44. The molecule has 0 spiro atoms. The summed E-state index contributed by atoms with van der Waals surface area (Å²) in [5.41, 5.74) is 3.48. The molecule has 0 heterocycles. The second kappa shape index (κ2) is 9.71. The fraction of sp³-hybridized carbons (Fsp3) is 0.600. The Morgan fingerprint density at radius 2 is 1.96 bits per heavy atom. The second-order valence-electron chi connectivity index (χ2n) is 7.40. The van der Waals surface area contributed by atoms with Crippen LogP contribution in [-0.4, -0.2) is 64.9 Å². The van der Waals surface area contributed by atoms with Gasteiger partial charge >= 0.3 is 12.0 Å². The Bertz CT molecular complexity index is 659. The van der Waals surface area contributed by atoms with Crippen LogP contribution in [0.25, 0.3) is 0 Å². The third-order valence-electron chi connectivity index (χ3n) is 5.32. The minimum Gasteiger partial charge on any atom is -0.480 e. The molecule has 1 saturated carbocycles. The number of nitrogens with zero attached hydrogens (tertiary/aromatic N) is 1. The van der Waals surface area contributed by atoms with E-state index in [2.05, 4.69) is 23.6 Å². The van der Waals surface area contributed by atoms with Crippen LogP contribution >= 0.6 is 0 Å². The third kappa shape index (κ3) is 6.22. The lowest BCUT2D eigenvalue weighted by Gasteiger charge is -2.42. The van der Waals surface area contributed by atoms with E-state index < -0.39 is 5.97 Å². The average molecular weight is 377 g/mol. The fourth-order valence-corrected chi connectivity index (χ4v) is 3.47. The van der Waals surface area contributed by atoms with Crippen LogP contribution in [0.5, 0.6) is 0 Å². The minimum absolute atomic E-state index is 0.0304. The molecule has 150 valence electrons. The van der Waals surface area contributed by atoms with Crippen molar-refractivity contribution >= 4 is 12.0 Å². The number of rotatable bonds is 9. The Balaban J connectivity index is 1.77. The van der Waals surface area contributed by atoms with E-state index in [1.807, 2.05) is 30.9 Å². The van der Waals surface area contributed by atoms with Gasteiger partial charge in [0.1, 0.15) is 0 Å². The maximum absolute atomic E-state index is 12.2. The summed E-state index contributed by atoms with van der Waals surface area (Å²) >= 11 is 0. The number of carbonyl (C=O) groups is 2. The number of carboxylic acid groups (broad SMARTS) is 1. The number of carbonyl (C=O) groups excluding carboxylic acids is 1. The lowest BCUT2D eigenvalue weighted by molar-refractivity contribution is -0.139. The Morgan fingerprint density at radius 3 is 2.52 bits per heavy atom. The Morgan fingerprint density at radius 1 is 1.26 bits per heavy atom. The van der Waals surface area contributed by atoms with Gasteiger partial charge in [-0.05, 0) is 56.3 Å². The van der Waals surface area contributed by atoms with Crippen LogP contribution in [-0.2, 0) is 11.2 Å². The average Bonchev–Trinajstić information content (AvgIpc) is 2.58. The zero-order valence-corrected chi connectivity index (χ0v) is 16.4. The topological polar surface area (TPSA) is 102 Å². The first kappa shape index (κ1) is 21.2. The third-order valence-corrected chi connectivity index (χ3v) is 5.32. The van der Waals surface area contributed by atoms with Crippen LogP contribution in [0.2, 0.25) is 0 Å². The van der Waals surface area contributed by atoms with Crippen molar-refractivity contribution in [2.75, 3.05) is 19.7 Å². The smallest absolute Gasteiger partial charge is 0.317 e. The first-order chi connectivity index (χ1) is 12.8. The van der Waals surface area contributed by atoms with E-state index in [0.29, 0.717) is 13.0 Å². The number of aliphatic hydroxyl groups excluding tert-OH is 1. The van der Waals surface area contributed by atoms with Gasteiger partial charge < -0.3 is 20.8 Å². The molecule has 4 N–H and O–H groups in total. The number of aryl methyl sites for hydroxylation is 2. The molecular formula is C20H31N3O4. The van der Waals surface area contributed by atoms with Gasteiger partial charge in [0.05, 0.1) is 19.2 Å². The van der Waals surface area contributed by atoms with Gasteiger partial charge in [0.25, 0.3) is 0 Å². The molecule has 1 aliphatic rings. The van der Waals surface area contributed by atoms with Crippen LogP contribution in [0.1, 0.15) is 36.5 Å². The SMILES string of the molecule is CCN(CC(=O)O)C1CC(NC(=O)NC(CO)Cc2ccc(C)c(C)c2)C1. The van der Waals surface area contributed by atoms with Gasteiger partial charge in [0.2, 0.25) is 0 Å². The highest BCUT2D eigenvalue weighted by Gasteiger charge is 2.34. The number of hydrogen-bond donors (Lipinski definition) is 4. The van der Waals surface area contributed by atoms with Crippen molar-refractivity contribution < 1.29 is 19.8 Å². The van der Waals surface area contributed by atoms with Crippen molar-refractivity contribution in [2.24, 2.45) is 0 Å². The summed E-state index contributed by atoms with van der Waals surface area (Å²) < 4.78 is 0. The van der Waals surface area contributed by atoms with Crippen molar-refractivity contribution in [1.29, 1.82) is 0 Å². The number of carboxylic acids is 1. The molecule has 0 saturated heterocycles. The van der Waals surface area contributed by atoms with E-state index in [1.54, 1.807) is 0 Å². The summed E-state index contributed by atoms with van der Waals surface area (Å²) in [6.07, 6.45) is 2.06. The van der Waals surface area contributed by atoms with Crippen LogP contribution in [0, 0.1) is 13.8 Å². The highest BCUT2D eigenvalue weighted by molar-refractivity contribution is 5.74. The van der Waals surface area contributed by atoms with Crippen molar-refractivity contribution in [3.8, 4) is 0 Å². The van der Waals surface area contributed by atoms with Crippen molar-refractivity contribution in [2.45, 2.75) is 58.2 Å². The number of amides is 2. The Hall–Kier alpha value is -2.12. The molecule has 2 amide bonds. The fourth-order valence-electron chi connectivity index (χ4n) is 3.47. The molecular weight excluding hydrogens is 346 g/mol. The Labute approximate surface area is 160 Å². The summed E-state index contributed by atoms with van der Waals surface area (Å²) in [7, 11) is 0. The van der Waals surface area contributed by atoms with E-state index in [9.17, 15) is 14.7 Å². The normalized spacial score (nSPS) is 20.0. The minimum atomic E-state index is -0.830. The summed E-state index contributed by atoms with van der Waals surface area (Å²) in [4.78, 5) is 25.0. The molecule has 1 aromatic rings. The number of aliphatic hydroxyl groups is 1. The van der Waals surface area contributed by atoms with Gasteiger partial charge in [-0.2, -0.15) is 0 Å². The molecule has 0 radical (unpaired) electrons. The standard InChI is InChI=1S/C20H31N3O4/c1-4-23(11-19(25)26)18-9-16(10-18)21-20(27)22-17(12-24)8-15-6-5-13(2)14(3)7-15/h5-7,16-18,24H,4,8-12H2,1-3H3,(H,25,26)(H2,21,22,27). The summed E-state index contributed by atoms with van der Waals surface area (Å²) in [6.45, 7) is 6.62. The summed E-state index contributed by atoms with van der Waals surface area (Å²) in [5, 5.41) is 24.3. The van der Waals surface area contributed by atoms with Crippen LogP contribution in [0.4, 0.5) is 4.79 Å². The van der Waals surface area contributed by atoms with Gasteiger partial charge in [0.15, 0.2) is 0 Å². The molecule has 1 atom stereocenters. The van der Waals surface area contributed by atoms with Gasteiger partial charge in [-0.1, -0.05) is 25.1 Å². The zero-order valence-electron chi connectivity index (χ0n) is 16.4. The zero-order chi connectivity index (χ0) is 20.0. The molecule has 7 nitrogen and oxygen atoms in total. The van der Waals surface area contributed by atoms with E-state index in [-0.39, 0.29) is 37.3 Å². The Kier molecular flexibility index (Phi) is 7.62. The molecule has 0 bridgehead atoms. The lowest BCUT2D eigenvalue weighted by atomic mass is 9.85. The van der Waals surface area contributed by atoms with E-state index in [1.165, 1.54) is 11.1 Å². The van der Waals surface area contributed by atoms with Gasteiger partial charge in [0, 0.05) is 12.1 Å². The molecule has 1 aliphatic carbocycles. The van der Waals surface area contributed by atoms with E-state index in [4.69, 9.17) is 5.11 Å². The van der Waals surface area contributed by atoms with Crippen molar-refractivity contribution in [1.82, 2.24) is 15.5 Å². The summed E-state index contributed by atoms with van der Waals surface area (Å²) in [6, 6.07) is 5.74. The molecule has 1 aromatic carbocycles. The number of urea groups is 1. The maximum atomic E-state index is 12.2. The van der Waals surface area contributed by atoms with Crippen LogP contribution in [0.3, 0.4) is 0 Å². The number of benzene rings is 1. The van der Waals surface area contributed by atoms with E-state index in [0.717, 1.165) is 18.4 Å². The van der Waals surface area contributed by atoms with E-state index >= 15 is 0 Å². The molecule has 7 heteroatoms. The molecule has 1 fully saturated rings. The van der Waals surface area contributed by atoms with Crippen molar-refractivity contribution in [3.05, 3.63) is 34.9 Å². The second-order valence-corrected chi connectivity index (χ2v) is 7.40. The number of aliphatic carboxylic acids is 1.